The summed E-state index contributed by atoms with van der Waals surface area (Å²) in [7, 11) is 1.90. The topological polar surface area (TPSA) is 51.0 Å². The van der Waals surface area contributed by atoms with Crippen LogP contribution in [0.1, 0.15) is 41.9 Å². The van der Waals surface area contributed by atoms with Crippen LogP contribution in [0.25, 0.3) is 10.9 Å². The highest BCUT2D eigenvalue weighted by atomic mass is 16.2. The van der Waals surface area contributed by atoms with E-state index >= 15 is 0 Å². The molecule has 1 amide bonds. The number of nitrogens with zero attached hydrogens (tertiary/aromatic N) is 4. The molecule has 1 atom stereocenters. The molecule has 26 heavy (non-hydrogen) atoms. The Balaban J connectivity index is 1.56. The number of para-hydroxylation sites is 1. The summed E-state index contributed by atoms with van der Waals surface area (Å²) in [5, 5.41) is 5.47. The molecule has 4 rings (SSSR count). The number of rotatable bonds is 4. The van der Waals surface area contributed by atoms with E-state index in [1.54, 1.807) is 4.68 Å². The molecule has 5 nitrogen and oxygen atoms in total. The number of hydrogen-bond donors (Lipinski definition) is 0. The Kier molecular flexibility index (Phi) is 4.69. The predicted octanol–water partition coefficient (Wildman–Crippen LogP) is 3.60. The zero-order chi connectivity index (χ0) is 17.9. The monoisotopic (exact) mass is 348 g/mol. The van der Waals surface area contributed by atoms with Gasteiger partial charge in [-0.25, -0.2) is 0 Å². The molecular weight excluding hydrogens is 324 g/mol. The zero-order valence-electron chi connectivity index (χ0n) is 15.1. The van der Waals surface area contributed by atoms with Crippen LogP contribution in [0.3, 0.4) is 0 Å². The Bertz CT molecular complexity index is 903. The number of amides is 1. The second-order valence-electron chi connectivity index (χ2n) is 7.00. The number of carbonyl (C=O) groups is 1. The number of benzene rings is 1. The maximum absolute atomic E-state index is 13.3. The van der Waals surface area contributed by atoms with Gasteiger partial charge in [-0.2, -0.15) is 5.10 Å². The maximum atomic E-state index is 13.3. The van der Waals surface area contributed by atoms with Gasteiger partial charge in [0.15, 0.2) is 5.69 Å². The summed E-state index contributed by atoms with van der Waals surface area (Å²) in [4.78, 5) is 19.7. The van der Waals surface area contributed by atoms with E-state index in [1.807, 2.05) is 54.5 Å². The summed E-state index contributed by atoms with van der Waals surface area (Å²) in [6, 6.07) is 14.2. The van der Waals surface area contributed by atoms with Gasteiger partial charge in [-0.3, -0.25) is 14.5 Å². The van der Waals surface area contributed by atoms with Gasteiger partial charge in [0, 0.05) is 36.9 Å². The molecule has 0 aliphatic carbocycles. The van der Waals surface area contributed by atoms with Crippen molar-refractivity contribution in [2.24, 2.45) is 7.05 Å². The Hall–Kier alpha value is -2.69. The fraction of sp³-hybridized carbons (Fsp3) is 0.381. The van der Waals surface area contributed by atoms with E-state index in [4.69, 9.17) is 0 Å². The molecular formula is C21H24N4O. The molecule has 0 bridgehead atoms. The molecule has 2 aromatic heterocycles. The number of aryl methyl sites for hydroxylation is 2. The first-order valence-corrected chi connectivity index (χ1v) is 9.36. The Morgan fingerprint density at radius 2 is 2.00 bits per heavy atom. The second kappa shape index (κ2) is 7.28. The van der Waals surface area contributed by atoms with Crippen LogP contribution < -0.4 is 0 Å². The molecule has 1 saturated heterocycles. The minimum atomic E-state index is 0.0625. The quantitative estimate of drug-likeness (QED) is 0.724. The van der Waals surface area contributed by atoms with Gasteiger partial charge in [0.2, 0.25) is 0 Å². The molecule has 1 unspecified atom stereocenters. The van der Waals surface area contributed by atoms with Crippen LogP contribution in [0, 0.1) is 0 Å². The van der Waals surface area contributed by atoms with Gasteiger partial charge in [0.1, 0.15) is 0 Å². The lowest BCUT2D eigenvalue weighted by Gasteiger charge is -2.35. The van der Waals surface area contributed by atoms with E-state index in [0.29, 0.717) is 5.69 Å². The lowest BCUT2D eigenvalue weighted by Crippen LogP contribution is -2.44. The summed E-state index contributed by atoms with van der Waals surface area (Å²) in [5.74, 6) is 0.0625. The normalized spacial score (nSPS) is 17.6. The van der Waals surface area contributed by atoms with Crippen LogP contribution in [0.2, 0.25) is 0 Å². The predicted molar refractivity (Wildman–Crippen MR) is 102 cm³/mol. The van der Waals surface area contributed by atoms with Crippen LogP contribution in [-0.4, -0.2) is 38.2 Å². The first kappa shape index (κ1) is 16.8. The molecule has 0 saturated carbocycles. The van der Waals surface area contributed by atoms with Crippen molar-refractivity contribution in [2.75, 3.05) is 6.54 Å². The molecule has 1 aromatic carbocycles. The van der Waals surface area contributed by atoms with Gasteiger partial charge in [0.25, 0.3) is 5.91 Å². The van der Waals surface area contributed by atoms with Crippen molar-refractivity contribution < 1.29 is 4.79 Å². The highest BCUT2D eigenvalue weighted by Gasteiger charge is 2.30. The molecule has 3 aromatic rings. The van der Waals surface area contributed by atoms with Gasteiger partial charge in [-0.15, -0.1) is 0 Å². The third-order valence-electron chi connectivity index (χ3n) is 5.31. The molecule has 0 spiro atoms. The van der Waals surface area contributed by atoms with Gasteiger partial charge >= 0.3 is 0 Å². The Morgan fingerprint density at radius 1 is 1.15 bits per heavy atom. The number of hydrogen-bond acceptors (Lipinski definition) is 3. The summed E-state index contributed by atoms with van der Waals surface area (Å²) in [5.41, 5.74) is 2.67. The molecule has 0 N–H and O–H groups in total. The lowest BCUT2D eigenvalue weighted by atomic mass is 9.96. The van der Waals surface area contributed by atoms with E-state index in [0.717, 1.165) is 48.8 Å². The third kappa shape index (κ3) is 3.21. The van der Waals surface area contributed by atoms with E-state index in [-0.39, 0.29) is 11.9 Å². The molecule has 3 heterocycles. The van der Waals surface area contributed by atoms with Crippen molar-refractivity contribution in [3.05, 3.63) is 60.0 Å². The average molecular weight is 348 g/mol. The van der Waals surface area contributed by atoms with Gasteiger partial charge in [0.05, 0.1) is 5.52 Å². The van der Waals surface area contributed by atoms with Crippen molar-refractivity contribution in [1.29, 1.82) is 0 Å². The fourth-order valence-corrected chi connectivity index (χ4v) is 3.94. The number of piperidine rings is 1. The van der Waals surface area contributed by atoms with Crippen molar-refractivity contribution in [1.82, 2.24) is 19.7 Å². The highest BCUT2D eigenvalue weighted by molar-refractivity contribution is 6.05. The lowest BCUT2D eigenvalue weighted by molar-refractivity contribution is 0.0596. The van der Waals surface area contributed by atoms with Crippen LogP contribution in [0.5, 0.6) is 0 Å². The summed E-state index contributed by atoms with van der Waals surface area (Å²) < 4.78 is 1.80. The van der Waals surface area contributed by atoms with E-state index < -0.39 is 0 Å². The van der Waals surface area contributed by atoms with Crippen LogP contribution >= 0.6 is 0 Å². The second-order valence-corrected chi connectivity index (χ2v) is 7.00. The van der Waals surface area contributed by atoms with Gasteiger partial charge in [-0.1, -0.05) is 24.3 Å². The summed E-state index contributed by atoms with van der Waals surface area (Å²) in [6.45, 7) is 0.816. The SMILES string of the molecule is Cn1nc(C(=O)N2CCCCC2CCc2ccccn2)c2ccccc21. The molecule has 1 aliphatic rings. The highest BCUT2D eigenvalue weighted by Crippen LogP contribution is 2.25. The Morgan fingerprint density at radius 3 is 2.85 bits per heavy atom. The van der Waals surface area contributed by atoms with Crippen LogP contribution in [0.15, 0.2) is 48.7 Å². The Labute approximate surface area is 153 Å². The smallest absolute Gasteiger partial charge is 0.275 e. The zero-order valence-corrected chi connectivity index (χ0v) is 15.1. The number of carbonyl (C=O) groups excluding carboxylic acids is 1. The number of fused-ring (bicyclic) bond motifs is 1. The van der Waals surface area contributed by atoms with E-state index in [9.17, 15) is 4.79 Å². The van der Waals surface area contributed by atoms with Gasteiger partial charge < -0.3 is 4.90 Å². The van der Waals surface area contributed by atoms with Gasteiger partial charge in [-0.05, 0) is 50.3 Å². The molecule has 134 valence electrons. The molecule has 1 aliphatic heterocycles. The molecule has 5 heteroatoms. The maximum Gasteiger partial charge on any atom is 0.275 e. The summed E-state index contributed by atoms with van der Waals surface area (Å²) >= 11 is 0. The third-order valence-corrected chi connectivity index (χ3v) is 5.31. The van der Waals surface area contributed by atoms with Crippen molar-refractivity contribution in [2.45, 2.75) is 38.1 Å². The fourth-order valence-electron chi connectivity index (χ4n) is 3.94. The number of likely N-dealkylation sites (tertiary alicyclic amines) is 1. The largest absolute Gasteiger partial charge is 0.334 e. The molecule has 1 fully saturated rings. The first-order valence-electron chi connectivity index (χ1n) is 9.36. The minimum Gasteiger partial charge on any atom is -0.334 e. The average Bonchev–Trinajstić information content (AvgIpc) is 3.04. The van der Waals surface area contributed by atoms with Crippen molar-refractivity contribution >= 4 is 16.8 Å². The van der Waals surface area contributed by atoms with Crippen molar-refractivity contribution in [3.8, 4) is 0 Å². The molecule has 0 radical (unpaired) electrons. The first-order chi connectivity index (χ1) is 12.7. The van der Waals surface area contributed by atoms with Crippen LogP contribution in [0.4, 0.5) is 0 Å². The number of pyridine rings is 1. The number of aromatic nitrogens is 3. The standard InChI is InChI=1S/C21H24N4O/c1-24-19-11-3-2-10-18(19)20(23-24)21(26)25-15-7-5-9-17(25)13-12-16-8-4-6-14-22-16/h2-4,6,8,10-11,14,17H,5,7,9,12-13,15H2,1H3. The van der Waals surface area contributed by atoms with Crippen LogP contribution in [-0.2, 0) is 13.5 Å². The van der Waals surface area contributed by atoms with E-state index in [2.05, 4.69) is 16.1 Å². The summed E-state index contributed by atoms with van der Waals surface area (Å²) in [6.07, 6.45) is 6.99. The van der Waals surface area contributed by atoms with Crippen molar-refractivity contribution in [3.63, 3.8) is 0 Å². The van der Waals surface area contributed by atoms with E-state index in [1.165, 1.54) is 6.42 Å². The minimum absolute atomic E-state index is 0.0625.